The summed E-state index contributed by atoms with van der Waals surface area (Å²) >= 11 is 0. The standard InChI is InChI=1S/C7H15NO2S/c1-6(8-2)7(4-5-7)11(3,9)10/h6,8H,4-5H2,1-3H3. The predicted molar refractivity (Wildman–Crippen MR) is 45.3 cm³/mol. The molecule has 1 atom stereocenters. The molecule has 1 aliphatic carbocycles. The van der Waals surface area contributed by atoms with Crippen LogP contribution in [-0.2, 0) is 9.84 Å². The summed E-state index contributed by atoms with van der Waals surface area (Å²) in [6, 6.07) is 0.0810. The zero-order chi connectivity index (χ0) is 8.70. The smallest absolute Gasteiger partial charge is 0.154 e. The van der Waals surface area contributed by atoms with Crippen LogP contribution in [0.15, 0.2) is 0 Å². The number of nitrogens with one attached hydrogen (secondary N) is 1. The van der Waals surface area contributed by atoms with Gasteiger partial charge in [-0.05, 0) is 26.8 Å². The van der Waals surface area contributed by atoms with Gasteiger partial charge in [0.05, 0.1) is 4.75 Å². The van der Waals surface area contributed by atoms with Crippen molar-refractivity contribution >= 4 is 9.84 Å². The van der Waals surface area contributed by atoms with Gasteiger partial charge in [-0.25, -0.2) is 8.42 Å². The molecule has 0 spiro atoms. The molecule has 0 aromatic rings. The molecule has 0 heterocycles. The van der Waals surface area contributed by atoms with Crippen molar-refractivity contribution in [3.05, 3.63) is 0 Å². The average Bonchev–Trinajstić information content (AvgIpc) is 2.63. The summed E-state index contributed by atoms with van der Waals surface area (Å²) < 4.78 is 22.1. The maximum absolute atomic E-state index is 11.3. The number of hydrogen-bond acceptors (Lipinski definition) is 3. The Hall–Kier alpha value is -0.0900. The van der Waals surface area contributed by atoms with Crippen LogP contribution in [0, 0.1) is 0 Å². The van der Waals surface area contributed by atoms with Gasteiger partial charge in [0.2, 0.25) is 0 Å². The molecule has 0 amide bonds. The minimum absolute atomic E-state index is 0.0810. The van der Waals surface area contributed by atoms with Crippen molar-refractivity contribution < 1.29 is 8.42 Å². The predicted octanol–water partition coefficient (Wildman–Crippen LogP) is 0.171. The zero-order valence-corrected chi connectivity index (χ0v) is 8.03. The lowest BCUT2D eigenvalue weighted by atomic mass is 10.2. The molecule has 1 aliphatic rings. The summed E-state index contributed by atoms with van der Waals surface area (Å²) in [6.45, 7) is 1.92. The minimum Gasteiger partial charge on any atom is -0.316 e. The highest BCUT2D eigenvalue weighted by Gasteiger charge is 2.55. The maximum atomic E-state index is 11.3. The summed E-state index contributed by atoms with van der Waals surface area (Å²) in [5.41, 5.74) is 0. The van der Waals surface area contributed by atoms with Crippen LogP contribution in [0.5, 0.6) is 0 Å². The SMILES string of the molecule is CNC(C)C1(S(C)(=O)=O)CC1. The van der Waals surface area contributed by atoms with Crippen molar-refractivity contribution in [3.8, 4) is 0 Å². The molecule has 1 N–H and O–H groups in total. The Balaban J connectivity index is 2.85. The van der Waals surface area contributed by atoms with E-state index in [1.165, 1.54) is 6.26 Å². The third kappa shape index (κ3) is 1.29. The second kappa shape index (κ2) is 2.45. The Bertz CT molecular complexity index is 241. The van der Waals surface area contributed by atoms with Crippen molar-refractivity contribution in [1.29, 1.82) is 0 Å². The van der Waals surface area contributed by atoms with Crippen molar-refractivity contribution in [2.24, 2.45) is 0 Å². The molecule has 1 fully saturated rings. The first-order valence-corrected chi connectivity index (χ1v) is 5.70. The normalized spacial score (nSPS) is 24.6. The van der Waals surface area contributed by atoms with Crippen molar-refractivity contribution in [2.45, 2.75) is 30.6 Å². The van der Waals surface area contributed by atoms with Gasteiger partial charge >= 0.3 is 0 Å². The van der Waals surface area contributed by atoms with E-state index in [0.717, 1.165) is 12.8 Å². The van der Waals surface area contributed by atoms with Gasteiger partial charge in [0, 0.05) is 12.3 Å². The van der Waals surface area contributed by atoms with E-state index in [1.54, 1.807) is 7.05 Å². The summed E-state index contributed by atoms with van der Waals surface area (Å²) in [5.74, 6) is 0. The first-order valence-electron chi connectivity index (χ1n) is 3.81. The van der Waals surface area contributed by atoms with Gasteiger partial charge in [-0.15, -0.1) is 0 Å². The van der Waals surface area contributed by atoms with Crippen molar-refractivity contribution in [2.75, 3.05) is 13.3 Å². The fourth-order valence-corrected chi connectivity index (χ4v) is 3.11. The molecule has 3 nitrogen and oxygen atoms in total. The Morgan fingerprint density at radius 3 is 2.00 bits per heavy atom. The van der Waals surface area contributed by atoms with Crippen LogP contribution < -0.4 is 5.32 Å². The van der Waals surface area contributed by atoms with E-state index < -0.39 is 14.6 Å². The second-order valence-electron chi connectivity index (χ2n) is 3.35. The Kier molecular flexibility index (Phi) is 2.01. The van der Waals surface area contributed by atoms with Gasteiger partial charge < -0.3 is 5.32 Å². The summed E-state index contributed by atoms with van der Waals surface area (Å²) in [6.07, 6.45) is 2.95. The molecular formula is C7H15NO2S. The molecule has 1 saturated carbocycles. The lowest BCUT2D eigenvalue weighted by Gasteiger charge is -2.20. The molecule has 0 aromatic heterocycles. The third-order valence-corrected chi connectivity index (χ3v) is 4.94. The first kappa shape index (κ1) is 9.00. The molecule has 0 radical (unpaired) electrons. The van der Waals surface area contributed by atoms with Crippen molar-refractivity contribution in [1.82, 2.24) is 5.32 Å². The minimum atomic E-state index is -2.87. The van der Waals surface area contributed by atoms with Crippen LogP contribution in [0.2, 0.25) is 0 Å². The van der Waals surface area contributed by atoms with Crippen molar-refractivity contribution in [3.63, 3.8) is 0 Å². The van der Waals surface area contributed by atoms with E-state index in [2.05, 4.69) is 5.32 Å². The van der Waals surface area contributed by atoms with Gasteiger partial charge in [0.25, 0.3) is 0 Å². The average molecular weight is 177 g/mol. The molecule has 1 unspecified atom stereocenters. The van der Waals surface area contributed by atoms with Crippen LogP contribution >= 0.6 is 0 Å². The lowest BCUT2D eigenvalue weighted by Crippen LogP contribution is -2.42. The van der Waals surface area contributed by atoms with E-state index in [-0.39, 0.29) is 6.04 Å². The quantitative estimate of drug-likeness (QED) is 0.668. The third-order valence-electron chi connectivity index (χ3n) is 2.70. The zero-order valence-electron chi connectivity index (χ0n) is 7.22. The molecule has 11 heavy (non-hydrogen) atoms. The highest BCUT2D eigenvalue weighted by molar-refractivity contribution is 7.92. The van der Waals surface area contributed by atoms with E-state index in [4.69, 9.17) is 0 Å². The number of sulfone groups is 1. The number of hydrogen-bond donors (Lipinski definition) is 1. The molecule has 66 valence electrons. The molecule has 4 heteroatoms. The maximum Gasteiger partial charge on any atom is 0.154 e. The second-order valence-corrected chi connectivity index (χ2v) is 5.70. The monoisotopic (exact) mass is 177 g/mol. The van der Waals surface area contributed by atoms with E-state index >= 15 is 0 Å². The summed E-state index contributed by atoms with van der Waals surface area (Å²) in [7, 11) is -1.06. The summed E-state index contributed by atoms with van der Waals surface area (Å²) in [4.78, 5) is 0. The van der Waals surface area contributed by atoms with E-state index in [0.29, 0.717) is 0 Å². The van der Waals surface area contributed by atoms with Gasteiger partial charge in [0.15, 0.2) is 9.84 Å². The Morgan fingerprint density at radius 2 is 1.91 bits per heavy atom. The molecular weight excluding hydrogens is 162 g/mol. The van der Waals surface area contributed by atoms with Gasteiger partial charge in [0.1, 0.15) is 0 Å². The Labute approximate surface area is 68.1 Å². The van der Waals surface area contributed by atoms with Crippen LogP contribution in [-0.4, -0.2) is 32.5 Å². The fraction of sp³-hybridized carbons (Fsp3) is 1.00. The van der Waals surface area contributed by atoms with E-state index in [1.807, 2.05) is 6.92 Å². The topological polar surface area (TPSA) is 46.2 Å². The molecule has 1 rings (SSSR count). The first-order chi connectivity index (χ1) is 4.94. The molecule has 0 aromatic carbocycles. The van der Waals surface area contributed by atoms with Crippen LogP contribution in [0.4, 0.5) is 0 Å². The molecule has 0 bridgehead atoms. The van der Waals surface area contributed by atoms with Crippen LogP contribution in [0.25, 0.3) is 0 Å². The largest absolute Gasteiger partial charge is 0.316 e. The van der Waals surface area contributed by atoms with Crippen LogP contribution in [0.1, 0.15) is 19.8 Å². The van der Waals surface area contributed by atoms with Crippen LogP contribution in [0.3, 0.4) is 0 Å². The fourth-order valence-electron chi connectivity index (χ4n) is 1.51. The highest BCUT2D eigenvalue weighted by atomic mass is 32.2. The Morgan fingerprint density at radius 1 is 1.45 bits per heavy atom. The van der Waals surface area contributed by atoms with Gasteiger partial charge in [-0.3, -0.25) is 0 Å². The number of rotatable bonds is 3. The van der Waals surface area contributed by atoms with E-state index in [9.17, 15) is 8.42 Å². The van der Waals surface area contributed by atoms with Gasteiger partial charge in [-0.2, -0.15) is 0 Å². The molecule has 0 saturated heterocycles. The highest BCUT2D eigenvalue weighted by Crippen LogP contribution is 2.45. The molecule has 0 aliphatic heterocycles. The van der Waals surface area contributed by atoms with Gasteiger partial charge in [-0.1, -0.05) is 0 Å². The lowest BCUT2D eigenvalue weighted by molar-refractivity contribution is 0.522. The summed E-state index contributed by atoms with van der Waals surface area (Å²) in [5, 5.41) is 3.00.